The van der Waals surface area contributed by atoms with Gasteiger partial charge in [-0.2, -0.15) is 0 Å². The fourth-order valence-corrected chi connectivity index (χ4v) is 1.91. The number of nitrogens with zero attached hydrogens (tertiary/aromatic N) is 1. The van der Waals surface area contributed by atoms with Crippen LogP contribution in [0.5, 0.6) is 0 Å². The van der Waals surface area contributed by atoms with Crippen LogP contribution >= 0.6 is 15.9 Å². The average Bonchev–Trinajstić information content (AvgIpc) is 2.32. The highest BCUT2D eigenvalue weighted by atomic mass is 79.9. The van der Waals surface area contributed by atoms with E-state index in [1.54, 1.807) is 6.20 Å². The molecule has 0 atom stereocenters. The first kappa shape index (κ1) is 11.9. The van der Waals surface area contributed by atoms with E-state index in [2.05, 4.69) is 33.2 Å². The third kappa shape index (κ3) is 2.97. The highest BCUT2D eigenvalue weighted by molar-refractivity contribution is 9.10. The number of halogens is 1. The Labute approximate surface area is 109 Å². The van der Waals surface area contributed by atoms with Gasteiger partial charge in [0.25, 0.3) is 0 Å². The molecule has 0 aliphatic carbocycles. The number of pyridine rings is 1. The van der Waals surface area contributed by atoms with Gasteiger partial charge in [-0.15, -0.1) is 0 Å². The van der Waals surface area contributed by atoms with E-state index in [0.717, 1.165) is 22.4 Å². The number of rotatable bonds is 3. The molecule has 0 aliphatic heterocycles. The molecule has 0 aliphatic rings. The van der Waals surface area contributed by atoms with Crippen molar-refractivity contribution in [3.8, 4) is 0 Å². The molecule has 1 heterocycles. The van der Waals surface area contributed by atoms with Crippen LogP contribution in [0, 0.1) is 6.92 Å². The van der Waals surface area contributed by atoms with Gasteiger partial charge in [0.1, 0.15) is 0 Å². The van der Waals surface area contributed by atoms with Crippen LogP contribution in [0.4, 0.5) is 11.4 Å². The molecule has 4 heteroatoms. The van der Waals surface area contributed by atoms with Crippen LogP contribution < -0.4 is 11.1 Å². The summed E-state index contributed by atoms with van der Waals surface area (Å²) >= 11 is 3.43. The van der Waals surface area contributed by atoms with Gasteiger partial charge in [-0.3, -0.25) is 4.98 Å². The topological polar surface area (TPSA) is 50.9 Å². The third-order valence-corrected chi connectivity index (χ3v) is 3.13. The van der Waals surface area contributed by atoms with Crippen LogP contribution in [0.2, 0.25) is 0 Å². The number of nitrogens with two attached hydrogens (primary N) is 1. The summed E-state index contributed by atoms with van der Waals surface area (Å²) in [6.07, 6.45) is 3.67. The summed E-state index contributed by atoms with van der Waals surface area (Å²) in [4.78, 5) is 4.12. The zero-order valence-electron chi connectivity index (χ0n) is 9.57. The lowest BCUT2D eigenvalue weighted by Crippen LogP contribution is -2.04. The molecule has 17 heavy (non-hydrogen) atoms. The van der Waals surface area contributed by atoms with Gasteiger partial charge in [-0.1, -0.05) is 15.9 Å². The summed E-state index contributed by atoms with van der Waals surface area (Å²) in [7, 11) is 0. The van der Waals surface area contributed by atoms with Crippen molar-refractivity contribution in [2.75, 3.05) is 11.1 Å². The van der Waals surface area contributed by atoms with Crippen LogP contribution in [0.15, 0.2) is 41.1 Å². The quantitative estimate of drug-likeness (QED) is 0.853. The molecular weight excluding hydrogens is 278 g/mol. The van der Waals surface area contributed by atoms with Crippen LogP contribution in [0.1, 0.15) is 11.1 Å². The monoisotopic (exact) mass is 291 g/mol. The predicted octanol–water partition coefficient (Wildman–Crippen LogP) is 3.35. The lowest BCUT2D eigenvalue weighted by Gasteiger charge is -2.11. The summed E-state index contributed by atoms with van der Waals surface area (Å²) in [6.45, 7) is 2.79. The SMILES string of the molecule is Cc1ccncc1CNc1cc(Br)ccc1N. The Morgan fingerprint density at radius 3 is 2.94 bits per heavy atom. The molecular formula is C13H14BrN3. The summed E-state index contributed by atoms with van der Waals surface area (Å²) in [5.41, 5.74) is 9.97. The van der Waals surface area contributed by atoms with Gasteiger partial charge in [-0.25, -0.2) is 0 Å². The molecule has 0 saturated carbocycles. The maximum atomic E-state index is 5.89. The van der Waals surface area contributed by atoms with E-state index in [0.29, 0.717) is 0 Å². The largest absolute Gasteiger partial charge is 0.397 e. The van der Waals surface area contributed by atoms with Crippen LogP contribution in [0.3, 0.4) is 0 Å². The second-order valence-electron chi connectivity index (χ2n) is 3.89. The van der Waals surface area contributed by atoms with Crippen molar-refractivity contribution in [3.05, 3.63) is 52.3 Å². The van der Waals surface area contributed by atoms with E-state index in [4.69, 9.17) is 5.73 Å². The summed E-state index contributed by atoms with van der Waals surface area (Å²) < 4.78 is 1.01. The molecule has 88 valence electrons. The van der Waals surface area contributed by atoms with Gasteiger partial charge < -0.3 is 11.1 Å². The van der Waals surface area contributed by atoms with E-state index in [1.807, 2.05) is 30.5 Å². The Balaban J connectivity index is 2.12. The highest BCUT2D eigenvalue weighted by Crippen LogP contribution is 2.24. The zero-order chi connectivity index (χ0) is 12.3. The van der Waals surface area contributed by atoms with Crippen molar-refractivity contribution < 1.29 is 0 Å². The molecule has 2 rings (SSSR count). The lowest BCUT2D eigenvalue weighted by atomic mass is 10.1. The standard InChI is InChI=1S/C13H14BrN3/c1-9-4-5-16-7-10(9)8-17-13-6-11(14)2-3-12(13)15/h2-7,17H,8,15H2,1H3. The van der Waals surface area contributed by atoms with E-state index in [1.165, 1.54) is 11.1 Å². The lowest BCUT2D eigenvalue weighted by molar-refractivity contribution is 1.08. The molecule has 2 aromatic rings. The first-order chi connectivity index (χ1) is 8.16. The number of aromatic nitrogens is 1. The van der Waals surface area contributed by atoms with Crippen molar-refractivity contribution >= 4 is 27.3 Å². The minimum Gasteiger partial charge on any atom is -0.397 e. The van der Waals surface area contributed by atoms with Gasteiger partial charge in [0.15, 0.2) is 0 Å². The van der Waals surface area contributed by atoms with E-state index >= 15 is 0 Å². The number of aryl methyl sites for hydroxylation is 1. The zero-order valence-corrected chi connectivity index (χ0v) is 11.2. The summed E-state index contributed by atoms with van der Waals surface area (Å²) in [5.74, 6) is 0. The van der Waals surface area contributed by atoms with Crippen LogP contribution in [0.25, 0.3) is 0 Å². The summed E-state index contributed by atoms with van der Waals surface area (Å²) in [5, 5.41) is 3.32. The van der Waals surface area contributed by atoms with E-state index in [9.17, 15) is 0 Å². The number of hydrogen-bond acceptors (Lipinski definition) is 3. The molecule has 0 unspecified atom stereocenters. The molecule has 0 spiro atoms. The maximum absolute atomic E-state index is 5.89. The Morgan fingerprint density at radius 2 is 2.18 bits per heavy atom. The van der Waals surface area contributed by atoms with Gasteiger partial charge in [0.05, 0.1) is 11.4 Å². The van der Waals surface area contributed by atoms with Crippen molar-refractivity contribution in [1.82, 2.24) is 4.98 Å². The minimum atomic E-state index is 0.723. The summed E-state index contributed by atoms with van der Waals surface area (Å²) in [6, 6.07) is 7.78. The van der Waals surface area contributed by atoms with Gasteiger partial charge in [0, 0.05) is 23.4 Å². The minimum absolute atomic E-state index is 0.723. The molecule has 0 radical (unpaired) electrons. The third-order valence-electron chi connectivity index (χ3n) is 2.63. The average molecular weight is 292 g/mol. The molecule has 3 N–H and O–H groups in total. The number of hydrogen-bond donors (Lipinski definition) is 2. The normalized spacial score (nSPS) is 10.2. The molecule has 0 saturated heterocycles. The molecule has 0 amide bonds. The Bertz CT molecular complexity index is 526. The Morgan fingerprint density at radius 1 is 1.35 bits per heavy atom. The highest BCUT2D eigenvalue weighted by Gasteiger charge is 2.01. The number of nitrogen functional groups attached to an aromatic ring is 1. The maximum Gasteiger partial charge on any atom is 0.0587 e. The number of nitrogens with one attached hydrogen (secondary N) is 1. The van der Waals surface area contributed by atoms with Crippen LogP contribution in [-0.2, 0) is 6.54 Å². The van der Waals surface area contributed by atoms with Gasteiger partial charge in [0.2, 0.25) is 0 Å². The van der Waals surface area contributed by atoms with E-state index in [-0.39, 0.29) is 0 Å². The predicted molar refractivity (Wildman–Crippen MR) is 74.9 cm³/mol. The van der Waals surface area contributed by atoms with Gasteiger partial charge >= 0.3 is 0 Å². The first-order valence-electron chi connectivity index (χ1n) is 5.35. The number of benzene rings is 1. The van der Waals surface area contributed by atoms with E-state index < -0.39 is 0 Å². The fraction of sp³-hybridized carbons (Fsp3) is 0.154. The van der Waals surface area contributed by atoms with Crippen molar-refractivity contribution in [2.24, 2.45) is 0 Å². The first-order valence-corrected chi connectivity index (χ1v) is 6.14. The molecule has 0 bridgehead atoms. The Kier molecular flexibility index (Phi) is 3.64. The smallest absolute Gasteiger partial charge is 0.0587 e. The second kappa shape index (κ2) is 5.19. The molecule has 1 aromatic carbocycles. The van der Waals surface area contributed by atoms with Crippen molar-refractivity contribution in [1.29, 1.82) is 0 Å². The second-order valence-corrected chi connectivity index (χ2v) is 4.80. The van der Waals surface area contributed by atoms with Gasteiger partial charge in [-0.05, 0) is 42.3 Å². The number of anilines is 2. The van der Waals surface area contributed by atoms with Crippen LogP contribution in [-0.4, -0.2) is 4.98 Å². The Hall–Kier alpha value is -1.55. The fourth-order valence-electron chi connectivity index (χ4n) is 1.55. The molecule has 3 nitrogen and oxygen atoms in total. The molecule has 0 fully saturated rings. The van der Waals surface area contributed by atoms with Crippen molar-refractivity contribution in [2.45, 2.75) is 13.5 Å². The molecule has 1 aromatic heterocycles. The van der Waals surface area contributed by atoms with Crippen molar-refractivity contribution in [3.63, 3.8) is 0 Å².